The summed E-state index contributed by atoms with van der Waals surface area (Å²) < 4.78 is 5.91. The first-order valence-corrected chi connectivity index (χ1v) is 6.99. The van der Waals surface area contributed by atoms with E-state index in [1.54, 1.807) is 0 Å². The van der Waals surface area contributed by atoms with Crippen LogP contribution in [0.3, 0.4) is 0 Å². The second-order valence-electron chi connectivity index (χ2n) is 6.38. The minimum Gasteiger partial charge on any atom is -0.394 e. The van der Waals surface area contributed by atoms with Crippen molar-refractivity contribution in [2.24, 2.45) is 23.2 Å². The Morgan fingerprint density at radius 2 is 1.88 bits per heavy atom. The van der Waals surface area contributed by atoms with Gasteiger partial charge in [-0.15, -0.1) is 0 Å². The lowest BCUT2D eigenvalue weighted by Gasteiger charge is -2.59. The molecule has 0 spiro atoms. The Hall–Kier alpha value is -0.0800. The molecule has 0 radical (unpaired) electrons. The van der Waals surface area contributed by atoms with Crippen LogP contribution in [-0.4, -0.2) is 24.4 Å². The molecule has 2 unspecified atom stereocenters. The zero-order valence-corrected chi connectivity index (χ0v) is 10.3. The molecular weight excluding hydrogens is 200 g/mol. The summed E-state index contributed by atoms with van der Waals surface area (Å²) in [6.45, 7) is 3.09. The number of aliphatic hydroxyl groups excluding tert-OH is 1. The van der Waals surface area contributed by atoms with Gasteiger partial charge in [-0.25, -0.2) is 0 Å². The van der Waals surface area contributed by atoms with E-state index in [4.69, 9.17) is 9.84 Å². The van der Waals surface area contributed by atoms with Crippen LogP contribution in [0.15, 0.2) is 0 Å². The lowest BCUT2D eigenvalue weighted by molar-refractivity contribution is -0.162. The van der Waals surface area contributed by atoms with Crippen LogP contribution < -0.4 is 0 Å². The van der Waals surface area contributed by atoms with Crippen molar-refractivity contribution in [3.63, 3.8) is 0 Å². The van der Waals surface area contributed by atoms with Crippen molar-refractivity contribution in [1.82, 2.24) is 0 Å². The van der Waals surface area contributed by atoms with E-state index in [0.717, 1.165) is 17.8 Å². The molecule has 4 aliphatic rings. The molecule has 0 heterocycles. The third-order valence-electron chi connectivity index (χ3n) is 5.47. The molecule has 4 fully saturated rings. The fourth-order valence-electron chi connectivity index (χ4n) is 5.04. The smallest absolute Gasteiger partial charge is 0.0701 e. The molecule has 2 atom stereocenters. The normalized spacial score (nSPS) is 49.9. The first kappa shape index (κ1) is 11.0. The highest BCUT2D eigenvalue weighted by Crippen LogP contribution is 2.61. The van der Waals surface area contributed by atoms with E-state index in [1.165, 1.54) is 38.5 Å². The van der Waals surface area contributed by atoms with Crippen molar-refractivity contribution < 1.29 is 9.84 Å². The molecule has 0 aromatic carbocycles. The molecular formula is C14H24O2. The van der Waals surface area contributed by atoms with Gasteiger partial charge in [-0.3, -0.25) is 0 Å². The summed E-state index contributed by atoms with van der Waals surface area (Å²) in [5, 5.41) is 8.89. The Morgan fingerprint density at radius 1 is 1.19 bits per heavy atom. The Labute approximate surface area is 98.4 Å². The maximum absolute atomic E-state index is 8.89. The van der Waals surface area contributed by atoms with Crippen molar-refractivity contribution >= 4 is 0 Å². The molecule has 4 bridgehead atoms. The van der Waals surface area contributed by atoms with E-state index in [-0.39, 0.29) is 6.61 Å². The summed E-state index contributed by atoms with van der Waals surface area (Å²) in [7, 11) is 0. The lowest BCUT2D eigenvalue weighted by Crippen LogP contribution is -2.54. The number of hydrogen-bond acceptors (Lipinski definition) is 2. The van der Waals surface area contributed by atoms with Gasteiger partial charge in [0.05, 0.1) is 19.3 Å². The topological polar surface area (TPSA) is 29.5 Å². The molecule has 16 heavy (non-hydrogen) atoms. The van der Waals surface area contributed by atoms with E-state index in [2.05, 4.69) is 6.92 Å². The first-order chi connectivity index (χ1) is 7.76. The predicted molar refractivity (Wildman–Crippen MR) is 63.1 cm³/mol. The summed E-state index contributed by atoms with van der Waals surface area (Å²) in [4.78, 5) is 0. The SMILES string of the molecule is CCC12CC3CC(C1)C(OCCO)C(C3)C2. The number of hydrogen-bond donors (Lipinski definition) is 1. The Kier molecular flexibility index (Phi) is 2.75. The van der Waals surface area contributed by atoms with E-state index in [0.29, 0.717) is 18.1 Å². The fourth-order valence-corrected chi connectivity index (χ4v) is 5.04. The number of ether oxygens (including phenoxy) is 1. The second-order valence-corrected chi connectivity index (χ2v) is 6.38. The van der Waals surface area contributed by atoms with Crippen LogP contribution in [0.2, 0.25) is 0 Å². The summed E-state index contributed by atoms with van der Waals surface area (Å²) >= 11 is 0. The average molecular weight is 224 g/mol. The van der Waals surface area contributed by atoms with Gasteiger partial charge in [0.1, 0.15) is 0 Å². The zero-order valence-electron chi connectivity index (χ0n) is 10.3. The third-order valence-corrected chi connectivity index (χ3v) is 5.47. The van der Waals surface area contributed by atoms with Crippen LogP contribution in [0.1, 0.15) is 45.4 Å². The summed E-state index contributed by atoms with van der Waals surface area (Å²) in [5.74, 6) is 2.60. The summed E-state index contributed by atoms with van der Waals surface area (Å²) in [5.41, 5.74) is 0.676. The van der Waals surface area contributed by atoms with Gasteiger partial charge in [-0.1, -0.05) is 13.3 Å². The van der Waals surface area contributed by atoms with Crippen LogP contribution in [0.25, 0.3) is 0 Å². The van der Waals surface area contributed by atoms with Gasteiger partial charge in [0.25, 0.3) is 0 Å². The van der Waals surface area contributed by atoms with Gasteiger partial charge in [-0.2, -0.15) is 0 Å². The van der Waals surface area contributed by atoms with Crippen LogP contribution >= 0.6 is 0 Å². The number of rotatable bonds is 4. The molecule has 4 rings (SSSR count). The molecule has 4 aliphatic carbocycles. The van der Waals surface area contributed by atoms with Crippen molar-refractivity contribution in [2.75, 3.05) is 13.2 Å². The van der Waals surface area contributed by atoms with Crippen LogP contribution in [0, 0.1) is 23.2 Å². The second kappa shape index (κ2) is 3.99. The van der Waals surface area contributed by atoms with Gasteiger partial charge in [0.2, 0.25) is 0 Å². The quantitative estimate of drug-likeness (QED) is 0.795. The average Bonchev–Trinajstić information content (AvgIpc) is 2.27. The molecule has 2 heteroatoms. The predicted octanol–water partition coefficient (Wildman–Crippen LogP) is 2.60. The monoisotopic (exact) mass is 224 g/mol. The molecule has 0 aliphatic heterocycles. The molecule has 92 valence electrons. The first-order valence-electron chi connectivity index (χ1n) is 6.99. The highest BCUT2D eigenvalue weighted by Gasteiger charge is 2.54. The maximum atomic E-state index is 8.89. The van der Waals surface area contributed by atoms with Gasteiger partial charge in [0, 0.05) is 0 Å². The molecule has 2 nitrogen and oxygen atoms in total. The van der Waals surface area contributed by atoms with E-state index < -0.39 is 0 Å². The Morgan fingerprint density at radius 3 is 2.44 bits per heavy atom. The molecule has 0 saturated heterocycles. The number of aliphatic hydroxyl groups is 1. The minimum absolute atomic E-state index is 0.179. The van der Waals surface area contributed by atoms with E-state index >= 15 is 0 Å². The van der Waals surface area contributed by atoms with Crippen molar-refractivity contribution in [2.45, 2.75) is 51.6 Å². The summed E-state index contributed by atoms with van der Waals surface area (Å²) in [6, 6.07) is 0. The highest BCUT2D eigenvalue weighted by molar-refractivity contribution is 5.05. The van der Waals surface area contributed by atoms with Crippen LogP contribution in [0.4, 0.5) is 0 Å². The maximum Gasteiger partial charge on any atom is 0.0701 e. The zero-order chi connectivity index (χ0) is 11.2. The van der Waals surface area contributed by atoms with Gasteiger partial charge < -0.3 is 9.84 Å². The largest absolute Gasteiger partial charge is 0.394 e. The standard InChI is InChI=1S/C14H24O2/c1-2-14-7-10-5-11(8-14)13(16-4-3-15)12(6-10)9-14/h10-13,15H,2-9H2,1H3. The fraction of sp³-hybridized carbons (Fsp3) is 1.00. The van der Waals surface area contributed by atoms with Gasteiger partial charge >= 0.3 is 0 Å². The van der Waals surface area contributed by atoms with Crippen molar-refractivity contribution in [3.8, 4) is 0 Å². The molecule has 0 aromatic rings. The summed E-state index contributed by atoms with van der Waals surface area (Å²) in [6.07, 6.45) is 8.91. The van der Waals surface area contributed by atoms with Gasteiger partial charge in [-0.05, 0) is 55.3 Å². The van der Waals surface area contributed by atoms with E-state index in [9.17, 15) is 0 Å². The van der Waals surface area contributed by atoms with Crippen molar-refractivity contribution in [3.05, 3.63) is 0 Å². The van der Waals surface area contributed by atoms with Crippen molar-refractivity contribution in [1.29, 1.82) is 0 Å². The minimum atomic E-state index is 0.179. The molecule has 1 N–H and O–H groups in total. The lowest BCUT2D eigenvalue weighted by atomic mass is 9.48. The van der Waals surface area contributed by atoms with E-state index in [1.807, 2.05) is 0 Å². The van der Waals surface area contributed by atoms with Crippen LogP contribution in [-0.2, 0) is 4.74 Å². The molecule has 0 aromatic heterocycles. The van der Waals surface area contributed by atoms with Gasteiger partial charge in [0.15, 0.2) is 0 Å². The Bertz CT molecular complexity index is 247. The van der Waals surface area contributed by atoms with Crippen LogP contribution in [0.5, 0.6) is 0 Å². The Balaban J connectivity index is 1.74. The molecule has 0 amide bonds. The third kappa shape index (κ3) is 1.62. The highest BCUT2D eigenvalue weighted by atomic mass is 16.5. The molecule has 4 saturated carbocycles.